The Labute approximate surface area is 116 Å². The summed E-state index contributed by atoms with van der Waals surface area (Å²) in [6, 6.07) is 8.23. The van der Waals surface area contributed by atoms with Gasteiger partial charge in [0.25, 0.3) is 0 Å². The van der Waals surface area contributed by atoms with Crippen LogP contribution >= 0.6 is 0 Å². The minimum Gasteiger partial charge on any atom is -0.464 e. The summed E-state index contributed by atoms with van der Waals surface area (Å²) in [5, 5.41) is 4.81. The van der Waals surface area contributed by atoms with E-state index in [1.54, 1.807) is 0 Å². The lowest BCUT2D eigenvalue weighted by molar-refractivity contribution is 0.419. The molecule has 1 atom stereocenters. The smallest absolute Gasteiger partial charge is 0.134 e. The van der Waals surface area contributed by atoms with Crippen LogP contribution < -0.4 is 5.32 Å². The molecule has 2 aromatic rings. The molecule has 0 radical (unpaired) electrons. The first-order chi connectivity index (χ1) is 9.35. The first kappa shape index (κ1) is 14.1. The molecule has 1 N–H and O–H groups in total. The normalized spacial score (nSPS) is 12.9. The molecular formula is C17H25NO. The maximum absolute atomic E-state index is 5.56. The van der Waals surface area contributed by atoms with Crippen LogP contribution in [0.1, 0.15) is 45.1 Å². The number of para-hydroxylation sites is 1. The minimum absolute atomic E-state index is 0.804. The zero-order valence-corrected chi connectivity index (χ0v) is 12.1. The summed E-state index contributed by atoms with van der Waals surface area (Å²) < 4.78 is 5.56. The Bertz CT molecular complexity index is 489. The van der Waals surface area contributed by atoms with Crippen molar-refractivity contribution < 1.29 is 4.42 Å². The third kappa shape index (κ3) is 3.84. The van der Waals surface area contributed by atoms with Crippen molar-refractivity contribution in [2.45, 2.75) is 46.1 Å². The van der Waals surface area contributed by atoms with Crippen LogP contribution in [0, 0.1) is 5.92 Å². The molecule has 0 saturated heterocycles. The topological polar surface area (TPSA) is 25.2 Å². The van der Waals surface area contributed by atoms with Crippen molar-refractivity contribution in [3.8, 4) is 0 Å². The molecule has 19 heavy (non-hydrogen) atoms. The standard InChI is InChI=1S/C17H25NO/c1-3-5-8-14(4-2)11-18-12-15-13-19-17-10-7-6-9-16(15)17/h6-7,9-10,13-14,18H,3-5,8,11-12H2,1-2H3. The van der Waals surface area contributed by atoms with Crippen molar-refractivity contribution in [2.75, 3.05) is 6.54 Å². The van der Waals surface area contributed by atoms with Gasteiger partial charge in [-0.05, 0) is 24.9 Å². The Hall–Kier alpha value is -1.28. The highest BCUT2D eigenvalue weighted by Crippen LogP contribution is 2.20. The van der Waals surface area contributed by atoms with E-state index in [9.17, 15) is 0 Å². The van der Waals surface area contributed by atoms with Crippen molar-refractivity contribution in [1.29, 1.82) is 0 Å². The average molecular weight is 259 g/mol. The number of hydrogen-bond donors (Lipinski definition) is 1. The third-order valence-electron chi connectivity index (χ3n) is 3.85. The van der Waals surface area contributed by atoms with Gasteiger partial charge in [-0.15, -0.1) is 0 Å². The van der Waals surface area contributed by atoms with Gasteiger partial charge in [0, 0.05) is 17.5 Å². The molecule has 1 aromatic carbocycles. The number of hydrogen-bond acceptors (Lipinski definition) is 2. The van der Waals surface area contributed by atoms with E-state index in [1.165, 1.54) is 36.6 Å². The molecule has 2 rings (SSSR count). The number of furan rings is 1. The molecule has 0 fully saturated rings. The number of benzene rings is 1. The van der Waals surface area contributed by atoms with Gasteiger partial charge >= 0.3 is 0 Å². The van der Waals surface area contributed by atoms with E-state index in [-0.39, 0.29) is 0 Å². The summed E-state index contributed by atoms with van der Waals surface area (Å²) >= 11 is 0. The molecule has 1 aromatic heterocycles. The first-order valence-corrected chi connectivity index (χ1v) is 7.51. The molecule has 0 spiro atoms. The minimum atomic E-state index is 0.804. The number of fused-ring (bicyclic) bond motifs is 1. The van der Waals surface area contributed by atoms with E-state index in [4.69, 9.17) is 4.42 Å². The van der Waals surface area contributed by atoms with Gasteiger partial charge in [0.2, 0.25) is 0 Å². The Morgan fingerprint density at radius 3 is 2.84 bits per heavy atom. The van der Waals surface area contributed by atoms with Gasteiger partial charge in [-0.2, -0.15) is 0 Å². The largest absolute Gasteiger partial charge is 0.464 e. The van der Waals surface area contributed by atoms with Crippen LogP contribution in [0.25, 0.3) is 11.0 Å². The lowest BCUT2D eigenvalue weighted by Crippen LogP contribution is -2.22. The Kier molecular flexibility index (Phi) is 5.46. The molecule has 0 bridgehead atoms. The van der Waals surface area contributed by atoms with E-state index >= 15 is 0 Å². The van der Waals surface area contributed by atoms with Gasteiger partial charge < -0.3 is 9.73 Å². The highest BCUT2D eigenvalue weighted by atomic mass is 16.3. The molecule has 2 nitrogen and oxygen atoms in total. The Balaban J connectivity index is 1.85. The van der Waals surface area contributed by atoms with Crippen molar-refractivity contribution >= 4 is 11.0 Å². The van der Waals surface area contributed by atoms with Gasteiger partial charge in [0.05, 0.1) is 6.26 Å². The van der Waals surface area contributed by atoms with E-state index < -0.39 is 0 Å². The van der Waals surface area contributed by atoms with Crippen LogP contribution in [0.2, 0.25) is 0 Å². The van der Waals surface area contributed by atoms with E-state index in [1.807, 2.05) is 18.4 Å². The fourth-order valence-electron chi connectivity index (χ4n) is 2.52. The van der Waals surface area contributed by atoms with Crippen LogP contribution in [-0.4, -0.2) is 6.54 Å². The Morgan fingerprint density at radius 1 is 1.21 bits per heavy atom. The van der Waals surface area contributed by atoms with Gasteiger partial charge in [-0.1, -0.05) is 51.3 Å². The SMILES string of the molecule is CCCCC(CC)CNCc1coc2ccccc12. The van der Waals surface area contributed by atoms with Crippen molar-refractivity contribution in [3.05, 3.63) is 36.1 Å². The summed E-state index contributed by atoms with van der Waals surface area (Å²) in [7, 11) is 0. The fraction of sp³-hybridized carbons (Fsp3) is 0.529. The number of rotatable bonds is 8. The maximum atomic E-state index is 5.56. The lowest BCUT2D eigenvalue weighted by Gasteiger charge is -2.14. The molecular weight excluding hydrogens is 234 g/mol. The summed E-state index contributed by atoms with van der Waals surface area (Å²) in [4.78, 5) is 0. The maximum Gasteiger partial charge on any atom is 0.134 e. The first-order valence-electron chi connectivity index (χ1n) is 7.51. The molecule has 104 valence electrons. The monoisotopic (exact) mass is 259 g/mol. The van der Waals surface area contributed by atoms with Crippen LogP contribution in [0.4, 0.5) is 0 Å². The quantitative estimate of drug-likeness (QED) is 0.740. The zero-order valence-electron chi connectivity index (χ0n) is 12.1. The molecule has 0 aliphatic heterocycles. The van der Waals surface area contributed by atoms with E-state index in [0.717, 1.165) is 24.6 Å². The van der Waals surface area contributed by atoms with Crippen LogP contribution in [0.5, 0.6) is 0 Å². The summed E-state index contributed by atoms with van der Waals surface area (Å²) in [5.41, 5.74) is 2.25. The highest BCUT2D eigenvalue weighted by Gasteiger charge is 2.07. The molecule has 0 aliphatic rings. The van der Waals surface area contributed by atoms with Gasteiger partial charge in [0.15, 0.2) is 0 Å². The van der Waals surface area contributed by atoms with Gasteiger partial charge in [0.1, 0.15) is 5.58 Å². The molecule has 1 heterocycles. The molecule has 1 unspecified atom stereocenters. The van der Waals surface area contributed by atoms with Gasteiger partial charge in [-0.25, -0.2) is 0 Å². The molecule has 2 heteroatoms. The zero-order chi connectivity index (χ0) is 13.5. The summed E-state index contributed by atoms with van der Waals surface area (Å²) in [6.07, 6.45) is 7.12. The molecule has 0 amide bonds. The predicted molar refractivity (Wildman–Crippen MR) is 81.2 cm³/mol. The second-order valence-electron chi connectivity index (χ2n) is 5.30. The second kappa shape index (κ2) is 7.34. The van der Waals surface area contributed by atoms with E-state index in [0.29, 0.717) is 0 Å². The molecule has 0 aliphatic carbocycles. The van der Waals surface area contributed by atoms with Crippen LogP contribution in [-0.2, 0) is 6.54 Å². The lowest BCUT2D eigenvalue weighted by atomic mass is 9.99. The van der Waals surface area contributed by atoms with Crippen molar-refractivity contribution in [2.24, 2.45) is 5.92 Å². The van der Waals surface area contributed by atoms with Crippen molar-refractivity contribution in [3.63, 3.8) is 0 Å². The fourth-order valence-corrected chi connectivity index (χ4v) is 2.52. The molecule has 0 saturated carbocycles. The summed E-state index contributed by atoms with van der Waals surface area (Å²) in [5.74, 6) is 0.804. The van der Waals surface area contributed by atoms with Crippen molar-refractivity contribution in [1.82, 2.24) is 5.32 Å². The number of nitrogens with one attached hydrogen (secondary N) is 1. The van der Waals surface area contributed by atoms with Crippen LogP contribution in [0.15, 0.2) is 34.9 Å². The summed E-state index contributed by atoms with van der Waals surface area (Å²) in [6.45, 7) is 6.56. The van der Waals surface area contributed by atoms with Crippen LogP contribution in [0.3, 0.4) is 0 Å². The second-order valence-corrected chi connectivity index (χ2v) is 5.30. The average Bonchev–Trinajstić information content (AvgIpc) is 2.86. The third-order valence-corrected chi connectivity index (χ3v) is 3.85. The number of unbranched alkanes of at least 4 members (excludes halogenated alkanes) is 1. The predicted octanol–water partition coefficient (Wildman–Crippen LogP) is 4.74. The highest BCUT2D eigenvalue weighted by molar-refractivity contribution is 5.80. The Morgan fingerprint density at radius 2 is 2.05 bits per heavy atom. The van der Waals surface area contributed by atoms with E-state index in [2.05, 4.69) is 31.3 Å². The van der Waals surface area contributed by atoms with Gasteiger partial charge in [-0.3, -0.25) is 0 Å².